The molecule has 7 heteroatoms. The molecule has 2 fully saturated rings. The van der Waals surface area contributed by atoms with Crippen LogP contribution in [0.15, 0.2) is 22.9 Å². The second-order valence-electron chi connectivity index (χ2n) is 7.48. The minimum Gasteiger partial charge on any atom is -0.374 e. The minimum absolute atomic E-state index is 0.0412. The summed E-state index contributed by atoms with van der Waals surface area (Å²) in [6, 6.07) is 3.77. The van der Waals surface area contributed by atoms with Gasteiger partial charge in [0.15, 0.2) is 5.69 Å². The quantitative estimate of drug-likeness (QED) is 0.833. The normalized spacial score (nSPS) is 23.4. The summed E-state index contributed by atoms with van der Waals surface area (Å²) in [4.78, 5) is 14.8. The van der Waals surface area contributed by atoms with Crippen molar-refractivity contribution in [1.82, 2.24) is 19.8 Å². The van der Waals surface area contributed by atoms with Crippen LogP contribution in [-0.4, -0.2) is 45.0 Å². The van der Waals surface area contributed by atoms with Crippen LogP contribution >= 0.6 is 0 Å². The van der Waals surface area contributed by atoms with Crippen LogP contribution in [0.4, 0.5) is 0 Å². The standard InChI is InChI=1S/C18H22N4O3/c23-18(16-7-17(25-20-16)13-3-4-13)21-8-14-5-6-19-22(14)10-15(9-21)24-11-12-1-2-12/h5-7,12-13,15H,1-4,8-11H2/t15-/m1/s1. The van der Waals surface area contributed by atoms with E-state index < -0.39 is 0 Å². The van der Waals surface area contributed by atoms with E-state index in [-0.39, 0.29) is 12.0 Å². The lowest BCUT2D eigenvalue weighted by Gasteiger charge is -2.23. The third-order valence-corrected chi connectivity index (χ3v) is 5.24. The molecule has 2 aromatic heterocycles. The number of rotatable bonds is 5. The molecule has 0 N–H and O–H groups in total. The molecular weight excluding hydrogens is 320 g/mol. The van der Waals surface area contributed by atoms with E-state index in [1.165, 1.54) is 12.8 Å². The van der Waals surface area contributed by atoms with E-state index in [0.29, 0.717) is 37.2 Å². The second-order valence-corrected chi connectivity index (χ2v) is 7.48. The molecule has 0 radical (unpaired) electrons. The van der Waals surface area contributed by atoms with Crippen molar-refractivity contribution in [3.63, 3.8) is 0 Å². The topological polar surface area (TPSA) is 73.4 Å². The first kappa shape index (κ1) is 15.1. The van der Waals surface area contributed by atoms with Crippen LogP contribution in [0.2, 0.25) is 0 Å². The highest BCUT2D eigenvalue weighted by Crippen LogP contribution is 2.40. The lowest BCUT2D eigenvalue weighted by atomic mass is 10.2. The predicted octanol–water partition coefficient (Wildman–Crippen LogP) is 2.20. The van der Waals surface area contributed by atoms with Crippen LogP contribution in [0, 0.1) is 5.92 Å². The van der Waals surface area contributed by atoms with E-state index in [2.05, 4.69) is 10.3 Å². The number of ether oxygens (including phenoxy) is 1. The van der Waals surface area contributed by atoms with E-state index in [0.717, 1.165) is 30.9 Å². The molecule has 0 spiro atoms. The Bertz CT molecular complexity index is 775. The highest BCUT2D eigenvalue weighted by molar-refractivity contribution is 5.92. The molecule has 1 aliphatic heterocycles. The number of hydrogen-bond acceptors (Lipinski definition) is 5. The number of nitrogens with zero attached hydrogens (tertiary/aromatic N) is 4. The Morgan fingerprint density at radius 3 is 2.96 bits per heavy atom. The zero-order valence-electron chi connectivity index (χ0n) is 14.1. The zero-order chi connectivity index (χ0) is 16.8. The van der Waals surface area contributed by atoms with Crippen LogP contribution in [0.1, 0.15) is 53.5 Å². The van der Waals surface area contributed by atoms with Gasteiger partial charge in [-0.1, -0.05) is 5.16 Å². The zero-order valence-corrected chi connectivity index (χ0v) is 14.1. The van der Waals surface area contributed by atoms with Crippen LogP contribution in [0.25, 0.3) is 0 Å². The SMILES string of the molecule is O=C(c1cc(C2CC2)on1)N1Cc2ccnn2C[C@H](OCC2CC2)C1. The molecule has 3 aliphatic rings. The molecule has 0 aromatic carbocycles. The maximum Gasteiger partial charge on any atom is 0.276 e. The fourth-order valence-corrected chi connectivity index (χ4v) is 3.34. The van der Waals surface area contributed by atoms with Gasteiger partial charge in [-0.2, -0.15) is 5.10 Å². The minimum atomic E-state index is -0.0923. The molecule has 2 aromatic rings. The van der Waals surface area contributed by atoms with Crippen molar-refractivity contribution in [3.05, 3.63) is 35.5 Å². The summed E-state index contributed by atoms with van der Waals surface area (Å²) >= 11 is 0. The number of amides is 1. The van der Waals surface area contributed by atoms with E-state index in [9.17, 15) is 4.79 Å². The fourth-order valence-electron chi connectivity index (χ4n) is 3.34. The van der Waals surface area contributed by atoms with Crippen molar-refractivity contribution in [1.29, 1.82) is 0 Å². The van der Waals surface area contributed by atoms with Crippen LogP contribution in [-0.2, 0) is 17.8 Å². The van der Waals surface area contributed by atoms with Crippen molar-refractivity contribution in [3.8, 4) is 0 Å². The Morgan fingerprint density at radius 1 is 1.28 bits per heavy atom. The molecule has 0 saturated heterocycles. The summed E-state index contributed by atoms with van der Waals surface area (Å²) in [5, 5.41) is 8.38. The van der Waals surface area contributed by atoms with Crippen molar-refractivity contribution < 1.29 is 14.1 Å². The van der Waals surface area contributed by atoms with Crippen molar-refractivity contribution in [2.24, 2.45) is 5.92 Å². The van der Waals surface area contributed by atoms with Gasteiger partial charge in [-0.15, -0.1) is 0 Å². The first-order valence-electron chi connectivity index (χ1n) is 9.14. The summed E-state index contributed by atoms with van der Waals surface area (Å²) < 4.78 is 13.4. The van der Waals surface area contributed by atoms with Gasteiger partial charge in [0.1, 0.15) is 5.76 Å². The molecule has 0 bridgehead atoms. The van der Waals surface area contributed by atoms with Gasteiger partial charge in [-0.05, 0) is 37.7 Å². The number of aromatic nitrogens is 3. The summed E-state index contributed by atoms with van der Waals surface area (Å²) in [6.07, 6.45) is 6.51. The molecule has 132 valence electrons. The molecule has 1 amide bonds. The maximum absolute atomic E-state index is 13.0. The lowest BCUT2D eigenvalue weighted by molar-refractivity contribution is 0.0134. The molecular formula is C18H22N4O3. The Hall–Kier alpha value is -2.15. The van der Waals surface area contributed by atoms with Gasteiger partial charge in [0.25, 0.3) is 5.91 Å². The van der Waals surface area contributed by atoms with Crippen LogP contribution < -0.4 is 0 Å². The molecule has 5 rings (SSSR count). The van der Waals surface area contributed by atoms with Crippen molar-refractivity contribution in [2.45, 2.75) is 50.8 Å². The van der Waals surface area contributed by atoms with Gasteiger partial charge in [0, 0.05) is 31.3 Å². The second kappa shape index (κ2) is 5.98. The van der Waals surface area contributed by atoms with Gasteiger partial charge in [0.2, 0.25) is 0 Å². The van der Waals surface area contributed by atoms with Crippen molar-refractivity contribution in [2.75, 3.05) is 13.2 Å². The van der Waals surface area contributed by atoms with Gasteiger partial charge in [-0.25, -0.2) is 0 Å². The molecule has 2 aliphatic carbocycles. The Kier molecular flexibility index (Phi) is 3.62. The van der Waals surface area contributed by atoms with Gasteiger partial charge in [0.05, 0.1) is 24.9 Å². The first-order chi connectivity index (χ1) is 12.3. The number of carbonyl (C=O) groups excluding carboxylic acids is 1. The summed E-state index contributed by atoms with van der Waals surface area (Å²) in [5.41, 5.74) is 1.42. The van der Waals surface area contributed by atoms with Gasteiger partial charge >= 0.3 is 0 Å². The summed E-state index contributed by atoms with van der Waals surface area (Å²) in [6.45, 7) is 2.54. The average Bonchev–Trinajstić information content (AvgIpc) is 3.55. The van der Waals surface area contributed by atoms with E-state index in [4.69, 9.17) is 9.26 Å². The molecule has 0 unspecified atom stereocenters. The monoisotopic (exact) mass is 342 g/mol. The Morgan fingerprint density at radius 2 is 2.16 bits per heavy atom. The third kappa shape index (κ3) is 3.20. The van der Waals surface area contributed by atoms with Crippen LogP contribution in [0.5, 0.6) is 0 Å². The number of hydrogen-bond donors (Lipinski definition) is 0. The summed E-state index contributed by atoms with van der Waals surface area (Å²) in [5.74, 6) is 1.89. The molecule has 3 heterocycles. The maximum atomic E-state index is 13.0. The largest absolute Gasteiger partial charge is 0.374 e. The number of carbonyl (C=O) groups is 1. The predicted molar refractivity (Wildman–Crippen MR) is 87.9 cm³/mol. The van der Waals surface area contributed by atoms with E-state index in [1.54, 1.807) is 6.20 Å². The smallest absolute Gasteiger partial charge is 0.276 e. The third-order valence-electron chi connectivity index (χ3n) is 5.24. The van der Waals surface area contributed by atoms with E-state index in [1.807, 2.05) is 21.7 Å². The molecule has 2 saturated carbocycles. The molecule has 1 atom stereocenters. The van der Waals surface area contributed by atoms with Crippen LogP contribution in [0.3, 0.4) is 0 Å². The molecule has 7 nitrogen and oxygen atoms in total. The van der Waals surface area contributed by atoms with Gasteiger partial charge < -0.3 is 14.2 Å². The average molecular weight is 342 g/mol. The molecule has 25 heavy (non-hydrogen) atoms. The Labute approximate surface area is 145 Å². The highest BCUT2D eigenvalue weighted by atomic mass is 16.5. The fraction of sp³-hybridized carbons (Fsp3) is 0.611. The van der Waals surface area contributed by atoms with Crippen molar-refractivity contribution >= 4 is 5.91 Å². The lowest BCUT2D eigenvalue weighted by Crippen LogP contribution is -2.37. The number of fused-ring (bicyclic) bond motifs is 1. The Balaban J connectivity index is 1.35. The summed E-state index contributed by atoms with van der Waals surface area (Å²) in [7, 11) is 0. The van der Waals surface area contributed by atoms with E-state index >= 15 is 0 Å². The first-order valence-corrected chi connectivity index (χ1v) is 9.14. The highest BCUT2D eigenvalue weighted by Gasteiger charge is 2.32. The van der Waals surface area contributed by atoms with Gasteiger partial charge in [-0.3, -0.25) is 9.48 Å².